The lowest BCUT2D eigenvalue weighted by Gasteiger charge is -2.35. The first-order valence-electron chi connectivity index (χ1n) is 10.5. The van der Waals surface area contributed by atoms with Gasteiger partial charge in [0.15, 0.2) is 9.84 Å². The van der Waals surface area contributed by atoms with Crippen LogP contribution < -0.4 is 4.74 Å². The molecule has 0 radical (unpaired) electrons. The van der Waals surface area contributed by atoms with Gasteiger partial charge < -0.3 is 14.4 Å². The van der Waals surface area contributed by atoms with E-state index in [1.807, 2.05) is 4.90 Å². The van der Waals surface area contributed by atoms with Gasteiger partial charge >= 0.3 is 0 Å². The highest BCUT2D eigenvalue weighted by Crippen LogP contribution is 2.26. The van der Waals surface area contributed by atoms with Gasteiger partial charge in [0.1, 0.15) is 12.4 Å². The quantitative estimate of drug-likeness (QED) is 0.547. The van der Waals surface area contributed by atoms with Crippen molar-refractivity contribution in [2.45, 2.75) is 24.7 Å². The number of sulfone groups is 1. The molecule has 174 valence electrons. The molecule has 0 saturated carbocycles. The third-order valence-electron chi connectivity index (χ3n) is 5.69. The van der Waals surface area contributed by atoms with Crippen LogP contribution >= 0.6 is 0 Å². The molecule has 3 rings (SSSR count). The van der Waals surface area contributed by atoms with E-state index in [-0.39, 0.29) is 34.8 Å². The van der Waals surface area contributed by atoms with Crippen LogP contribution in [0.3, 0.4) is 0 Å². The molecule has 1 aromatic carbocycles. The van der Waals surface area contributed by atoms with E-state index in [2.05, 4.69) is 0 Å². The Balaban J connectivity index is 1.54. The zero-order valence-corrected chi connectivity index (χ0v) is 19.4. The highest BCUT2D eigenvalue weighted by molar-refractivity contribution is 7.91. The van der Waals surface area contributed by atoms with E-state index in [4.69, 9.17) is 9.47 Å². The second-order valence-corrected chi connectivity index (χ2v) is 12.1. The third-order valence-corrected chi connectivity index (χ3v) is 9.27. The van der Waals surface area contributed by atoms with E-state index in [9.17, 15) is 21.6 Å². The molecular weight excluding hydrogens is 444 g/mol. The summed E-state index contributed by atoms with van der Waals surface area (Å²) < 4.78 is 61.0. The summed E-state index contributed by atoms with van der Waals surface area (Å²) >= 11 is 0. The lowest BCUT2D eigenvalue weighted by Crippen LogP contribution is -2.47. The summed E-state index contributed by atoms with van der Waals surface area (Å²) in [5.41, 5.74) is 0. The summed E-state index contributed by atoms with van der Waals surface area (Å²) in [4.78, 5) is 14.6. The first-order chi connectivity index (χ1) is 14.7. The van der Waals surface area contributed by atoms with Gasteiger partial charge in [0.05, 0.1) is 23.9 Å². The molecule has 11 heteroatoms. The number of sulfonamides is 1. The summed E-state index contributed by atoms with van der Waals surface area (Å²) in [6, 6.07) is 5.98. The van der Waals surface area contributed by atoms with Crippen molar-refractivity contribution in [3.05, 3.63) is 24.3 Å². The Hall–Kier alpha value is -1.69. The zero-order chi connectivity index (χ0) is 22.5. The van der Waals surface area contributed by atoms with Crippen molar-refractivity contribution >= 4 is 25.8 Å². The Morgan fingerprint density at radius 3 is 2.23 bits per heavy atom. The minimum absolute atomic E-state index is 0.0208. The molecule has 2 heterocycles. The Labute approximate surface area is 184 Å². The number of morpholine rings is 1. The normalized spacial score (nSPS) is 19.3. The van der Waals surface area contributed by atoms with Crippen LogP contribution in [-0.4, -0.2) is 89.5 Å². The number of hydrogen-bond acceptors (Lipinski definition) is 7. The molecular formula is C20H30N2O7S2. The van der Waals surface area contributed by atoms with Crippen LogP contribution in [0.1, 0.15) is 19.8 Å². The SMILES string of the molecule is CCS(=O)(=O)CCOc1ccc(S(=O)(=O)N2CCC(C(=O)N3CCOCC3)CC2)cc1. The average molecular weight is 475 g/mol. The Bertz CT molecular complexity index is 948. The lowest BCUT2D eigenvalue weighted by molar-refractivity contribution is -0.140. The van der Waals surface area contributed by atoms with Crippen molar-refractivity contribution in [1.29, 1.82) is 0 Å². The van der Waals surface area contributed by atoms with Crippen LogP contribution in [0.4, 0.5) is 0 Å². The number of amides is 1. The minimum Gasteiger partial charge on any atom is -0.493 e. The maximum absolute atomic E-state index is 13.0. The molecule has 9 nitrogen and oxygen atoms in total. The molecule has 2 saturated heterocycles. The topological polar surface area (TPSA) is 110 Å². The number of carbonyl (C=O) groups excluding carboxylic acids is 1. The number of nitrogens with zero attached hydrogens (tertiary/aromatic N) is 2. The second-order valence-electron chi connectivity index (χ2n) is 7.67. The van der Waals surface area contributed by atoms with E-state index in [0.717, 1.165) is 0 Å². The van der Waals surface area contributed by atoms with Crippen molar-refractivity contribution in [3.63, 3.8) is 0 Å². The minimum atomic E-state index is -3.66. The van der Waals surface area contributed by atoms with Crippen LogP contribution in [0.2, 0.25) is 0 Å². The molecule has 2 aliphatic heterocycles. The molecule has 0 N–H and O–H groups in total. The highest BCUT2D eigenvalue weighted by Gasteiger charge is 2.34. The number of hydrogen-bond donors (Lipinski definition) is 0. The van der Waals surface area contributed by atoms with Gasteiger partial charge in [-0.2, -0.15) is 4.31 Å². The van der Waals surface area contributed by atoms with E-state index >= 15 is 0 Å². The number of piperidine rings is 1. The lowest BCUT2D eigenvalue weighted by atomic mass is 9.96. The first kappa shape index (κ1) is 24.0. The van der Waals surface area contributed by atoms with Gasteiger partial charge in [-0.1, -0.05) is 6.92 Å². The Morgan fingerprint density at radius 1 is 1.03 bits per heavy atom. The largest absolute Gasteiger partial charge is 0.493 e. The molecule has 0 atom stereocenters. The Morgan fingerprint density at radius 2 is 1.65 bits per heavy atom. The van der Waals surface area contributed by atoms with Gasteiger partial charge in [-0.3, -0.25) is 4.79 Å². The van der Waals surface area contributed by atoms with E-state index in [0.29, 0.717) is 58.0 Å². The van der Waals surface area contributed by atoms with Gasteiger partial charge in [0.25, 0.3) is 0 Å². The number of ether oxygens (including phenoxy) is 2. The van der Waals surface area contributed by atoms with Crippen molar-refractivity contribution in [3.8, 4) is 5.75 Å². The second kappa shape index (κ2) is 10.3. The molecule has 0 spiro atoms. The molecule has 1 aromatic rings. The summed E-state index contributed by atoms with van der Waals surface area (Å²) in [5, 5.41) is 0. The third kappa shape index (κ3) is 6.18. The van der Waals surface area contributed by atoms with Gasteiger partial charge in [-0.25, -0.2) is 16.8 Å². The zero-order valence-electron chi connectivity index (χ0n) is 17.7. The molecule has 2 aliphatic rings. The maximum atomic E-state index is 13.0. The van der Waals surface area contributed by atoms with E-state index in [1.54, 1.807) is 6.92 Å². The monoisotopic (exact) mass is 474 g/mol. The smallest absolute Gasteiger partial charge is 0.243 e. The summed E-state index contributed by atoms with van der Waals surface area (Å²) in [5.74, 6) is 0.330. The van der Waals surface area contributed by atoms with Gasteiger partial charge in [-0.15, -0.1) is 0 Å². The fourth-order valence-electron chi connectivity index (χ4n) is 3.67. The van der Waals surface area contributed by atoms with E-state index in [1.165, 1.54) is 28.6 Å². The van der Waals surface area contributed by atoms with Crippen LogP contribution in [0, 0.1) is 5.92 Å². The number of carbonyl (C=O) groups is 1. The fraction of sp³-hybridized carbons (Fsp3) is 0.650. The first-order valence-corrected chi connectivity index (χ1v) is 13.8. The van der Waals surface area contributed by atoms with Gasteiger partial charge in [-0.05, 0) is 37.1 Å². The van der Waals surface area contributed by atoms with Crippen molar-refractivity contribution in [2.75, 3.05) is 57.5 Å². The molecule has 1 amide bonds. The predicted octanol–water partition coefficient (Wildman–Crippen LogP) is 0.760. The van der Waals surface area contributed by atoms with E-state index < -0.39 is 19.9 Å². The molecule has 0 aliphatic carbocycles. The van der Waals surface area contributed by atoms with Crippen LogP contribution in [0.5, 0.6) is 5.75 Å². The summed E-state index contributed by atoms with van der Waals surface area (Å²) in [7, 11) is -6.78. The summed E-state index contributed by atoms with van der Waals surface area (Å²) in [6.45, 7) is 4.49. The number of rotatable bonds is 8. The predicted molar refractivity (Wildman–Crippen MR) is 115 cm³/mol. The molecule has 0 bridgehead atoms. The molecule has 0 unspecified atom stereocenters. The highest BCUT2D eigenvalue weighted by atomic mass is 32.2. The van der Waals surface area contributed by atoms with Crippen LogP contribution in [0.15, 0.2) is 29.2 Å². The van der Waals surface area contributed by atoms with Gasteiger partial charge in [0.2, 0.25) is 15.9 Å². The van der Waals surface area contributed by atoms with Crippen molar-refractivity contribution in [2.24, 2.45) is 5.92 Å². The van der Waals surface area contributed by atoms with Crippen LogP contribution in [-0.2, 0) is 29.4 Å². The van der Waals surface area contributed by atoms with Crippen molar-refractivity contribution < 1.29 is 31.1 Å². The molecule has 2 fully saturated rings. The average Bonchev–Trinajstić information content (AvgIpc) is 2.79. The summed E-state index contributed by atoms with van der Waals surface area (Å²) in [6.07, 6.45) is 1.00. The maximum Gasteiger partial charge on any atom is 0.243 e. The molecule has 0 aromatic heterocycles. The fourth-order valence-corrected chi connectivity index (χ4v) is 5.77. The Kier molecular flexibility index (Phi) is 7.95. The standard InChI is InChI=1S/C20H30N2O7S2/c1-2-30(24,25)16-15-29-18-3-5-19(6-4-18)31(26,27)22-9-7-17(8-10-22)20(23)21-11-13-28-14-12-21/h3-6,17H,2,7-16H2,1H3. The van der Waals surface area contributed by atoms with Crippen molar-refractivity contribution in [1.82, 2.24) is 9.21 Å². The molecule has 31 heavy (non-hydrogen) atoms. The number of benzene rings is 1. The van der Waals surface area contributed by atoms with Crippen LogP contribution in [0.25, 0.3) is 0 Å². The van der Waals surface area contributed by atoms with Gasteiger partial charge in [0, 0.05) is 37.8 Å².